The first-order valence-electron chi connectivity index (χ1n) is 7.60. The summed E-state index contributed by atoms with van der Waals surface area (Å²) in [6.07, 6.45) is 10.8. The van der Waals surface area contributed by atoms with E-state index in [4.69, 9.17) is 4.74 Å². The van der Waals surface area contributed by atoms with Gasteiger partial charge in [-0.05, 0) is 51.1 Å². The van der Waals surface area contributed by atoms with Crippen molar-refractivity contribution in [3.05, 3.63) is 12.2 Å². The Morgan fingerprint density at radius 2 is 2.16 bits per heavy atom. The van der Waals surface area contributed by atoms with Gasteiger partial charge in [-0.3, -0.25) is 4.79 Å². The van der Waals surface area contributed by atoms with Crippen molar-refractivity contribution >= 4 is 5.91 Å². The number of rotatable bonds is 7. The van der Waals surface area contributed by atoms with Crippen LogP contribution in [0.1, 0.15) is 38.5 Å². The third-order valence-corrected chi connectivity index (χ3v) is 3.84. The van der Waals surface area contributed by atoms with Crippen molar-refractivity contribution in [2.75, 3.05) is 26.2 Å². The van der Waals surface area contributed by atoms with Crippen molar-refractivity contribution in [1.29, 1.82) is 0 Å². The van der Waals surface area contributed by atoms with E-state index in [0.29, 0.717) is 18.4 Å². The highest BCUT2D eigenvalue weighted by Gasteiger charge is 2.14. The van der Waals surface area contributed by atoms with Gasteiger partial charge in [-0.2, -0.15) is 0 Å². The minimum absolute atomic E-state index is 0.179. The molecule has 1 fully saturated rings. The second-order valence-electron chi connectivity index (χ2n) is 5.49. The predicted molar refractivity (Wildman–Crippen MR) is 76.0 cm³/mol. The SMILES string of the molecule is O=C(CC1C=CCC1)NCCCOC1CCNCC1. The van der Waals surface area contributed by atoms with E-state index in [2.05, 4.69) is 22.8 Å². The van der Waals surface area contributed by atoms with E-state index in [1.165, 1.54) is 0 Å². The lowest BCUT2D eigenvalue weighted by Gasteiger charge is -2.22. The molecule has 108 valence electrons. The zero-order valence-corrected chi connectivity index (χ0v) is 11.7. The fourth-order valence-corrected chi connectivity index (χ4v) is 2.69. The Balaban J connectivity index is 1.44. The number of allylic oxidation sites excluding steroid dienone is 2. The quantitative estimate of drug-likeness (QED) is 0.544. The first-order valence-corrected chi connectivity index (χ1v) is 7.60. The van der Waals surface area contributed by atoms with E-state index in [0.717, 1.165) is 58.3 Å². The van der Waals surface area contributed by atoms with E-state index >= 15 is 0 Å². The maximum atomic E-state index is 11.7. The number of nitrogens with one attached hydrogen (secondary N) is 2. The zero-order valence-electron chi connectivity index (χ0n) is 11.7. The van der Waals surface area contributed by atoms with Crippen LogP contribution < -0.4 is 10.6 Å². The highest BCUT2D eigenvalue weighted by atomic mass is 16.5. The molecular weight excluding hydrogens is 240 g/mol. The van der Waals surface area contributed by atoms with Crippen molar-refractivity contribution in [2.45, 2.75) is 44.6 Å². The molecule has 1 atom stereocenters. The molecule has 0 aromatic rings. The summed E-state index contributed by atoms with van der Waals surface area (Å²) in [5, 5.41) is 6.31. The van der Waals surface area contributed by atoms with Crippen LogP contribution in [0.3, 0.4) is 0 Å². The van der Waals surface area contributed by atoms with Gasteiger partial charge in [0.1, 0.15) is 0 Å². The van der Waals surface area contributed by atoms with Gasteiger partial charge >= 0.3 is 0 Å². The Labute approximate surface area is 116 Å². The van der Waals surface area contributed by atoms with E-state index in [-0.39, 0.29) is 5.91 Å². The largest absolute Gasteiger partial charge is 0.378 e. The Kier molecular flexibility index (Phi) is 6.37. The monoisotopic (exact) mass is 266 g/mol. The summed E-state index contributed by atoms with van der Waals surface area (Å²) < 4.78 is 5.80. The van der Waals surface area contributed by atoms with Crippen LogP contribution in [-0.2, 0) is 9.53 Å². The van der Waals surface area contributed by atoms with Gasteiger partial charge in [-0.1, -0.05) is 12.2 Å². The minimum atomic E-state index is 0.179. The molecule has 0 bridgehead atoms. The Hall–Kier alpha value is -0.870. The molecule has 2 aliphatic rings. The zero-order chi connectivity index (χ0) is 13.3. The van der Waals surface area contributed by atoms with Gasteiger partial charge < -0.3 is 15.4 Å². The fraction of sp³-hybridized carbons (Fsp3) is 0.800. The summed E-state index contributed by atoms with van der Waals surface area (Å²) in [4.78, 5) is 11.7. The van der Waals surface area contributed by atoms with Crippen LogP contribution in [0, 0.1) is 5.92 Å². The van der Waals surface area contributed by atoms with Crippen LogP contribution >= 0.6 is 0 Å². The molecule has 1 aliphatic heterocycles. The molecule has 1 unspecified atom stereocenters. The van der Waals surface area contributed by atoms with Crippen molar-refractivity contribution in [1.82, 2.24) is 10.6 Å². The Morgan fingerprint density at radius 3 is 2.89 bits per heavy atom. The van der Waals surface area contributed by atoms with E-state index in [1.54, 1.807) is 0 Å². The van der Waals surface area contributed by atoms with Crippen molar-refractivity contribution < 1.29 is 9.53 Å². The van der Waals surface area contributed by atoms with Gasteiger partial charge in [0.15, 0.2) is 0 Å². The maximum absolute atomic E-state index is 11.7. The fourth-order valence-electron chi connectivity index (χ4n) is 2.69. The molecule has 0 radical (unpaired) electrons. The number of carbonyl (C=O) groups is 1. The number of piperidine rings is 1. The van der Waals surface area contributed by atoms with Gasteiger partial charge in [-0.25, -0.2) is 0 Å². The molecule has 19 heavy (non-hydrogen) atoms. The molecule has 2 rings (SSSR count). The summed E-state index contributed by atoms with van der Waals surface area (Å²) in [6.45, 7) is 3.63. The summed E-state index contributed by atoms with van der Waals surface area (Å²) in [5.41, 5.74) is 0. The minimum Gasteiger partial charge on any atom is -0.378 e. The number of hydrogen-bond acceptors (Lipinski definition) is 3. The molecule has 4 nitrogen and oxygen atoms in total. The number of carbonyl (C=O) groups excluding carboxylic acids is 1. The van der Waals surface area contributed by atoms with E-state index in [9.17, 15) is 4.79 Å². The lowest BCUT2D eigenvalue weighted by atomic mass is 10.1. The number of ether oxygens (including phenoxy) is 1. The van der Waals surface area contributed by atoms with Crippen molar-refractivity contribution in [3.63, 3.8) is 0 Å². The molecule has 2 N–H and O–H groups in total. The van der Waals surface area contributed by atoms with E-state index < -0.39 is 0 Å². The lowest BCUT2D eigenvalue weighted by molar-refractivity contribution is -0.121. The summed E-state index contributed by atoms with van der Waals surface area (Å²) >= 11 is 0. The predicted octanol–water partition coefficient (Wildman–Crippen LogP) is 1.62. The molecule has 4 heteroatoms. The van der Waals surface area contributed by atoms with Crippen LogP contribution in [0.25, 0.3) is 0 Å². The first kappa shape index (κ1) is 14.5. The third kappa shape index (κ3) is 5.74. The van der Waals surface area contributed by atoms with Crippen LogP contribution in [0.4, 0.5) is 0 Å². The molecular formula is C15H26N2O2. The van der Waals surface area contributed by atoms with Gasteiger partial charge in [0.2, 0.25) is 5.91 Å². The molecule has 0 aromatic heterocycles. The lowest BCUT2D eigenvalue weighted by Crippen LogP contribution is -2.33. The van der Waals surface area contributed by atoms with Gasteiger partial charge in [0, 0.05) is 19.6 Å². The van der Waals surface area contributed by atoms with Crippen LogP contribution in [0.15, 0.2) is 12.2 Å². The Morgan fingerprint density at radius 1 is 1.32 bits per heavy atom. The Bertz CT molecular complexity index is 299. The summed E-state index contributed by atoms with van der Waals surface area (Å²) in [5.74, 6) is 0.643. The smallest absolute Gasteiger partial charge is 0.220 e. The average molecular weight is 266 g/mol. The normalized spacial score (nSPS) is 23.7. The molecule has 1 heterocycles. The third-order valence-electron chi connectivity index (χ3n) is 3.84. The summed E-state index contributed by atoms with van der Waals surface area (Å²) in [7, 11) is 0. The molecule has 0 aromatic carbocycles. The van der Waals surface area contributed by atoms with Gasteiger partial charge in [0.05, 0.1) is 6.10 Å². The van der Waals surface area contributed by atoms with Crippen LogP contribution in [0.5, 0.6) is 0 Å². The van der Waals surface area contributed by atoms with Crippen molar-refractivity contribution in [2.24, 2.45) is 5.92 Å². The topological polar surface area (TPSA) is 50.4 Å². The first-order chi connectivity index (χ1) is 9.34. The van der Waals surface area contributed by atoms with Crippen LogP contribution in [-0.4, -0.2) is 38.3 Å². The van der Waals surface area contributed by atoms with Gasteiger partial charge in [0.25, 0.3) is 0 Å². The molecule has 1 aliphatic carbocycles. The highest BCUT2D eigenvalue weighted by Crippen LogP contribution is 2.19. The average Bonchev–Trinajstić information content (AvgIpc) is 2.92. The molecule has 0 saturated carbocycles. The second-order valence-corrected chi connectivity index (χ2v) is 5.49. The van der Waals surface area contributed by atoms with E-state index in [1.807, 2.05) is 0 Å². The molecule has 0 spiro atoms. The van der Waals surface area contributed by atoms with Crippen molar-refractivity contribution in [3.8, 4) is 0 Å². The molecule has 1 saturated heterocycles. The summed E-state index contributed by atoms with van der Waals surface area (Å²) in [6, 6.07) is 0. The maximum Gasteiger partial charge on any atom is 0.220 e. The second kappa shape index (κ2) is 8.33. The molecule has 1 amide bonds. The van der Waals surface area contributed by atoms with Crippen LogP contribution in [0.2, 0.25) is 0 Å². The number of hydrogen-bond donors (Lipinski definition) is 2. The van der Waals surface area contributed by atoms with Gasteiger partial charge in [-0.15, -0.1) is 0 Å². The highest BCUT2D eigenvalue weighted by molar-refractivity contribution is 5.76. The number of amides is 1. The standard InChI is InChI=1S/C15H26N2O2/c18-15(12-13-4-1-2-5-13)17-8-3-11-19-14-6-9-16-10-7-14/h1,4,13-14,16H,2-3,5-12H2,(H,17,18).